The molecule has 32 heavy (non-hydrogen) atoms. The van der Waals surface area contributed by atoms with Crippen LogP contribution in [0.2, 0.25) is 5.02 Å². The van der Waals surface area contributed by atoms with Crippen molar-refractivity contribution in [2.75, 3.05) is 11.9 Å². The number of ether oxygens (including phenoxy) is 1. The van der Waals surface area contributed by atoms with E-state index in [1.807, 2.05) is 30.3 Å². The molecule has 1 aromatic heterocycles. The summed E-state index contributed by atoms with van der Waals surface area (Å²) in [5, 5.41) is 13.6. The van der Waals surface area contributed by atoms with E-state index in [-0.39, 0.29) is 24.5 Å². The standard InChI is InChI=1S/C23H24ClN5O3/c1-2-32-23(21(30)27-14-15-10-11-17(20(25)26)18(24)13-15)29-12-6-9-19(22(29)31)28-16-7-4-3-5-8-16/h3-13,23,28H,2,14H2,1H3,(H3,25,26)(H,27,30). The second-order valence-corrected chi connectivity index (χ2v) is 7.29. The number of nitrogens with two attached hydrogens (primary N) is 1. The summed E-state index contributed by atoms with van der Waals surface area (Å²) in [4.78, 5) is 25.9. The van der Waals surface area contributed by atoms with Crippen molar-refractivity contribution in [3.8, 4) is 0 Å². The van der Waals surface area contributed by atoms with Crippen LogP contribution in [0.15, 0.2) is 71.7 Å². The Balaban J connectivity index is 1.78. The number of nitrogens with one attached hydrogen (secondary N) is 3. The van der Waals surface area contributed by atoms with Gasteiger partial charge in [-0.25, -0.2) is 0 Å². The predicted molar refractivity (Wildman–Crippen MR) is 125 cm³/mol. The number of nitrogens with zero attached hydrogens (tertiary/aromatic N) is 1. The van der Waals surface area contributed by atoms with Gasteiger partial charge in [0.25, 0.3) is 11.5 Å². The molecule has 9 heteroatoms. The van der Waals surface area contributed by atoms with Gasteiger partial charge in [0.05, 0.1) is 5.02 Å². The van der Waals surface area contributed by atoms with Crippen LogP contribution in [0.1, 0.15) is 24.3 Å². The van der Waals surface area contributed by atoms with Gasteiger partial charge >= 0.3 is 0 Å². The molecule has 2 aromatic carbocycles. The van der Waals surface area contributed by atoms with E-state index in [1.165, 1.54) is 10.8 Å². The van der Waals surface area contributed by atoms with Gasteiger partial charge in [-0.15, -0.1) is 0 Å². The fourth-order valence-electron chi connectivity index (χ4n) is 3.07. The lowest BCUT2D eigenvalue weighted by Crippen LogP contribution is -2.38. The highest BCUT2D eigenvalue weighted by atomic mass is 35.5. The molecule has 166 valence electrons. The molecule has 1 atom stereocenters. The molecular weight excluding hydrogens is 430 g/mol. The maximum absolute atomic E-state index is 13.0. The lowest BCUT2D eigenvalue weighted by molar-refractivity contribution is -0.139. The number of halogens is 1. The van der Waals surface area contributed by atoms with Crippen LogP contribution in [0.3, 0.4) is 0 Å². The lowest BCUT2D eigenvalue weighted by atomic mass is 10.1. The molecule has 0 spiro atoms. The van der Waals surface area contributed by atoms with Crippen molar-refractivity contribution in [3.05, 3.63) is 93.4 Å². The topological polar surface area (TPSA) is 122 Å². The molecule has 0 saturated carbocycles. The fraction of sp³-hybridized carbons (Fsp3) is 0.174. The molecule has 8 nitrogen and oxygen atoms in total. The van der Waals surface area contributed by atoms with Crippen LogP contribution in [-0.4, -0.2) is 22.9 Å². The van der Waals surface area contributed by atoms with Gasteiger partial charge in [0, 0.05) is 30.6 Å². The lowest BCUT2D eigenvalue weighted by Gasteiger charge is -2.20. The van der Waals surface area contributed by atoms with E-state index in [4.69, 9.17) is 27.5 Å². The summed E-state index contributed by atoms with van der Waals surface area (Å²) in [6.07, 6.45) is 0.369. The summed E-state index contributed by atoms with van der Waals surface area (Å²) < 4.78 is 6.84. The van der Waals surface area contributed by atoms with Crippen LogP contribution in [-0.2, 0) is 16.1 Å². The van der Waals surface area contributed by atoms with Gasteiger partial charge in [0.1, 0.15) is 11.5 Å². The third-order valence-electron chi connectivity index (χ3n) is 4.62. The van der Waals surface area contributed by atoms with Gasteiger partial charge < -0.3 is 21.1 Å². The Kier molecular flexibility index (Phi) is 7.64. The summed E-state index contributed by atoms with van der Waals surface area (Å²) in [5.74, 6) is -0.608. The zero-order chi connectivity index (χ0) is 23.1. The van der Waals surface area contributed by atoms with Crippen LogP contribution < -0.4 is 21.9 Å². The van der Waals surface area contributed by atoms with E-state index < -0.39 is 12.1 Å². The van der Waals surface area contributed by atoms with Crippen molar-refractivity contribution < 1.29 is 9.53 Å². The number of aromatic nitrogens is 1. The molecule has 1 heterocycles. The number of rotatable bonds is 9. The average molecular weight is 454 g/mol. The Morgan fingerprint density at radius 2 is 1.94 bits per heavy atom. The number of amidine groups is 1. The molecule has 5 N–H and O–H groups in total. The van der Waals surface area contributed by atoms with Crippen LogP contribution in [0, 0.1) is 5.41 Å². The number of pyridine rings is 1. The molecule has 0 aliphatic carbocycles. The SMILES string of the molecule is CCOC(C(=O)NCc1ccc(C(=N)N)c(Cl)c1)n1cccc(Nc2ccccc2)c1=O. The zero-order valence-corrected chi connectivity index (χ0v) is 18.2. The van der Waals surface area contributed by atoms with E-state index in [1.54, 1.807) is 37.3 Å². The molecule has 1 unspecified atom stereocenters. The predicted octanol–water partition coefficient (Wildman–Crippen LogP) is 3.38. The minimum Gasteiger partial charge on any atom is -0.384 e. The second kappa shape index (κ2) is 10.6. The van der Waals surface area contributed by atoms with Gasteiger partial charge in [-0.1, -0.05) is 35.9 Å². The molecule has 0 bridgehead atoms. The highest BCUT2D eigenvalue weighted by molar-refractivity contribution is 6.34. The maximum atomic E-state index is 13.0. The Bertz CT molecular complexity index is 1160. The van der Waals surface area contributed by atoms with Gasteiger partial charge in [-0.3, -0.25) is 19.6 Å². The van der Waals surface area contributed by atoms with Crippen molar-refractivity contribution in [3.63, 3.8) is 0 Å². The molecule has 0 radical (unpaired) electrons. The van der Waals surface area contributed by atoms with Crippen molar-refractivity contribution in [1.29, 1.82) is 5.41 Å². The fourth-order valence-corrected chi connectivity index (χ4v) is 3.38. The first kappa shape index (κ1) is 23.1. The Morgan fingerprint density at radius 3 is 2.59 bits per heavy atom. The molecular formula is C23H24ClN5O3. The smallest absolute Gasteiger partial charge is 0.276 e. The summed E-state index contributed by atoms with van der Waals surface area (Å²) >= 11 is 6.14. The number of amides is 1. The maximum Gasteiger partial charge on any atom is 0.276 e. The first-order valence-electron chi connectivity index (χ1n) is 9.96. The number of anilines is 2. The number of benzene rings is 2. The van der Waals surface area contributed by atoms with Crippen molar-refractivity contribution in [1.82, 2.24) is 9.88 Å². The highest BCUT2D eigenvalue weighted by Crippen LogP contribution is 2.18. The number of carbonyl (C=O) groups excluding carboxylic acids is 1. The Labute approximate surface area is 190 Å². The second-order valence-electron chi connectivity index (χ2n) is 6.88. The summed E-state index contributed by atoms with van der Waals surface area (Å²) in [6.45, 7) is 2.15. The van der Waals surface area contributed by atoms with Gasteiger partial charge in [-0.05, 0) is 48.9 Å². The van der Waals surface area contributed by atoms with Crippen molar-refractivity contribution >= 4 is 34.7 Å². The van der Waals surface area contributed by atoms with Crippen molar-refractivity contribution in [2.24, 2.45) is 5.73 Å². The average Bonchev–Trinajstić information content (AvgIpc) is 2.78. The van der Waals surface area contributed by atoms with E-state index in [0.717, 1.165) is 11.3 Å². The third-order valence-corrected chi connectivity index (χ3v) is 4.93. The first-order valence-corrected chi connectivity index (χ1v) is 10.3. The minimum absolute atomic E-state index is 0.134. The van der Waals surface area contributed by atoms with Crippen LogP contribution >= 0.6 is 11.6 Å². The van der Waals surface area contributed by atoms with Gasteiger partial charge in [-0.2, -0.15) is 0 Å². The van der Waals surface area contributed by atoms with E-state index in [9.17, 15) is 9.59 Å². The summed E-state index contributed by atoms with van der Waals surface area (Å²) in [6, 6.07) is 17.6. The van der Waals surface area contributed by atoms with E-state index in [2.05, 4.69) is 10.6 Å². The van der Waals surface area contributed by atoms with Crippen LogP contribution in [0.4, 0.5) is 11.4 Å². The Morgan fingerprint density at radius 1 is 1.19 bits per heavy atom. The van der Waals surface area contributed by atoms with Gasteiger partial charge in [0.15, 0.2) is 0 Å². The van der Waals surface area contributed by atoms with E-state index in [0.29, 0.717) is 16.3 Å². The van der Waals surface area contributed by atoms with Crippen molar-refractivity contribution in [2.45, 2.75) is 19.7 Å². The highest BCUT2D eigenvalue weighted by Gasteiger charge is 2.22. The summed E-state index contributed by atoms with van der Waals surface area (Å²) in [7, 11) is 0. The number of hydrogen-bond donors (Lipinski definition) is 4. The molecule has 0 aliphatic heterocycles. The van der Waals surface area contributed by atoms with Crippen LogP contribution in [0.5, 0.6) is 0 Å². The normalized spacial score (nSPS) is 11.6. The molecule has 0 saturated heterocycles. The van der Waals surface area contributed by atoms with E-state index >= 15 is 0 Å². The number of hydrogen-bond acceptors (Lipinski definition) is 5. The van der Waals surface area contributed by atoms with Gasteiger partial charge in [0.2, 0.25) is 6.23 Å². The van der Waals surface area contributed by atoms with Crippen LogP contribution in [0.25, 0.3) is 0 Å². The largest absolute Gasteiger partial charge is 0.384 e. The monoisotopic (exact) mass is 453 g/mol. The number of nitrogen functional groups attached to an aromatic ring is 1. The quantitative estimate of drug-likeness (QED) is 0.292. The molecule has 3 aromatic rings. The number of carbonyl (C=O) groups is 1. The summed E-state index contributed by atoms with van der Waals surface area (Å²) in [5.41, 5.74) is 7.30. The molecule has 0 fully saturated rings. The Hall–Kier alpha value is -3.62. The minimum atomic E-state index is -1.14. The molecule has 1 amide bonds. The molecule has 3 rings (SSSR count). The first-order chi connectivity index (χ1) is 15.4. The third kappa shape index (κ3) is 5.54. The molecule has 0 aliphatic rings. The number of para-hydroxylation sites is 1. The zero-order valence-electron chi connectivity index (χ0n) is 17.5.